The largest absolute Gasteiger partial charge is 0.292 e. The van der Waals surface area contributed by atoms with Crippen LogP contribution < -0.4 is 0 Å². The van der Waals surface area contributed by atoms with Crippen molar-refractivity contribution in [3.8, 4) is 0 Å². The van der Waals surface area contributed by atoms with Crippen molar-refractivity contribution in [1.29, 1.82) is 0 Å². The Morgan fingerprint density at radius 2 is 0.362 bits per heavy atom. The van der Waals surface area contributed by atoms with Crippen molar-refractivity contribution in [2.24, 2.45) is 0 Å². The molecule has 0 fully saturated rings. The molecule has 0 atom stereocenters. The maximum Gasteiger partial charge on any atom is 0.243 e. The van der Waals surface area contributed by atoms with Crippen LogP contribution in [0.1, 0.15) is 90.1 Å². The summed E-state index contributed by atoms with van der Waals surface area (Å²) in [4.78, 5) is 24.3. The molecule has 11 aromatic rings. The van der Waals surface area contributed by atoms with Gasteiger partial charge in [0.25, 0.3) is 0 Å². The van der Waals surface area contributed by atoms with Crippen LogP contribution in [0, 0.1) is 41.5 Å². The van der Waals surface area contributed by atoms with Crippen LogP contribution in [0.25, 0.3) is 0 Å². The molecular formula is C86H94N12O12S6. The predicted molar refractivity (Wildman–Crippen MR) is 444 cm³/mol. The minimum atomic E-state index is -4.32. The highest BCUT2D eigenvalue weighted by Crippen LogP contribution is 2.30. The first kappa shape index (κ1) is 84.4. The molecule has 0 radical (unpaired) electrons. The Hall–Kier alpha value is -9.48. The summed E-state index contributed by atoms with van der Waals surface area (Å²) in [6.45, 7) is 9.44. The normalized spacial score (nSPS) is 16.5. The first-order chi connectivity index (χ1) is 55.3. The number of aromatic nitrogens is 4. The Morgan fingerprint density at radius 3 is 0.534 bits per heavy atom. The Morgan fingerprint density at radius 1 is 0.207 bits per heavy atom. The molecule has 7 aromatic carbocycles. The molecule has 0 saturated heterocycles. The maximum absolute atomic E-state index is 15.2. The van der Waals surface area contributed by atoms with Gasteiger partial charge in [0, 0.05) is 78.5 Å². The highest BCUT2D eigenvalue weighted by Gasteiger charge is 2.35. The molecule has 2 aliphatic heterocycles. The van der Waals surface area contributed by atoms with E-state index in [1.807, 2.05) is 77.9 Å². The summed E-state index contributed by atoms with van der Waals surface area (Å²) < 4.78 is 188. The van der Waals surface area contributed by atoms with Crippen LogP contribution in [-0.2, 0) is 126 Å². The molecule has 13 rings (SSSR count). The molecule has 0 aliphatic carbocycles. The molecular weight excluding hydrogens is 1590 g/mol. The fourth-order valence-electron chi connectivity index (χ4n) is 13.9. The molecule has 2 aliphatic rings. The number of sulfonamides is 6. The summed E-state index contributed by atoms with van der Waals surface area (Å²) in [6, 6.07) is 67.6. The van der Waals surface area contributed by atoms with Crippen molar-refractivity contribution in [3.63, 3.8) is 0 Å². The number of nitrogens with zero attached hydrogens (tertiary/aromatic N) is 12. The van der Waals surface area contributed by atoms with Gasteiger partial charge in [-0.15, -0.1) is 0 Å². The van der Waals surface area contributed by atoms with E-state index < -0.39 is 60.1 Å². The van der Waals surface area contributed by atoms with E-state index >= 15 is 16.8 Å². The number of aryl methyl sites for hydroxylation is 6. The first-order valence-corrected chi connectivity index (χ1v) is 46.7. The van der Waals surface area contributed by atoms with Gasteiger partial charge < -0.3 is 0 Å². The van der Waals surface area contributed by atoms with Crippen LogP contribution in [-0.4, -0.2) is 158 Å². The van der Waals surface area contributed by atoms with Crippen LogP contribution in [0.15, 0.2) is 272 Å². The maximum atomic E-state index is 15.2. The van der Waals surface area contributed by atoms with Crippen molar-refractivity contribution in [3.05, 3.63) is 333 Å². The minimum Gasteiger partial charge on any atom is -0.292 e. The average Bonchev–Trinajstić information content (AvgIpc) is 0.796. The molecule has 0 saturated carbocycles. The second-order valence-electron chi connectivity index (χ2n) is 29.6. The highest BCUT2D eigenvalue weighted by molar-refractivity contribution is 7.90. The zero-order valence-electron chi connectivity index (χ0n) is 65.5. The summed E-state index contributed by atoms with van der Waals surface area (Å²) >= 11 is 0. The van der Waals surface area contributed by atoms with Crippen LogP contribution in [0.2, 0.25) is 0 Å². The van der Waals surface area contributed by atoms with E-state index in [1.54, 1.807) is 158 Å². The first-order valence-electron chi connectivity index (χ1n) is 38.1. The Bertz CT molecular complexity index is 5650. The fourth-order valence-corrected chi connectivity index (χ4v) is 22.3. The van der Waals surface area contributed by atoms with Gasteiger partial charge in [0.05, 0.1) is 114 Å². The zero-order valence-corrected chi connectivity index (χ0v) is 70.4. The number of benzene rings is 7. The van der Waals surface area contributed by atoms with Gasteiger partial charge in [-0.05, 0) is 174 Å². The molecule has 0 amide bonds. The van der Waals surface area contributed by atoms with Gasteiger partial charge in [-0.2, -0.15) is 25.8 Å². The van der Waals surface area contributed by atoms with E-state index in [-0.39, 0.29) is 147 Å². The molecule has 4 aromatic heterocycles. The number of hydrogen-bond donors (Lipinski definition) is 0. The molecule has 606 valence electrons. The summed E-state index contributed by atoms with van der Waals surface area (Å²) in [7, 11) is -25.8. The topological polar surface area (TPSA) is 282 Å². The third-order valence-electron chi connectivity index (χ3n) is 20.6. The molecule has 24 nitrogen and oxygen atoms in total. The van der Waals surface area contributed by atoms with Crippen LogP contribution >= 0.6 is 0 Å². The van der Waals surface area contributed by atoms with E-state index in [0.29, 0.717) is 45.6 Å². The zero-order chi connectivity index (χ0) is 82.2. The van der Waals surface area contributed by atoms with Crippen molar-refractivity contribution < 1.29 is 50.5 Å². The predicted octanol–water partition coefficient (Wildman–Crippen LogP) is 11.7. The van der Waals surface area contributed by atoms with Crippen molar-refractivity contribution in [2.75, 3.05) is 52.4 Å². The van der Waals surface area contributed by atoms with Gasteiger partial charge in [0.15, 0.2) is 0 Å². The van der Waals surface area contributed by atoms with Gasteiger partial charge in [-0.25, -0.2) is 50.5 Å². The molecule has 8 bridgehead atoms. The standard InChI is InChI=1S/C86H94N12O12S6/c1-65-19-35-81(36-20-65)111(99,100)93-49-47-91(57-73-11-7-13-75(87-73)61-95(113(103,104)83-39-23-67(3)24-40-83)51-53-97(63-79-17-9-15-77(59-93)89-79)115(107,108)85-43-27-69(5)28-44-85)55-71-31-33-72(34-32-71)56-92-48-50-94(112(101,102)82-37-21-66(2)22-38-82)60-78-16-10-18-80(90-78)64-98(116(109,110)86-45-29-70(6)30-46-86)54-52-96(62-76-14-8-12-74(58-92)88-76)114(105,106)84-41-25-68(4)26-42-84/h7-46H,47-64H2,1-6H3. The smallest absolute Gasteiger partial charge is 0.243 e. The summed E-state index contributed by atoms with van der Waals surface area (Å²) in [5.41, 5.74) is 9.81. The lowest BCUT2D eigenvalue weighted by molar-refractivity contribution is 0.227. The van der Waals surface area contributed by atoms with Gasteiger partial charge >= 0.3 is 0 Å². The molecule has 0 unspecified atom stereocenters. The fraction of sp³-hybridized carbons (Fsp3) is 0.279. The van der Waals surface area contributed by atoms with Gasteiger partial charge in [-0.1, -0.05) is 155 Å². The summed E-state index contributed by atoms with van der Waals surface area (Å²) in [6.07, 6.45) is 0. The Labute approximate surface area is 682 Å². The van der Waals surface area contributed by atoms with E-state index in [2.05, 4.69) is 9.80 Å². The lowest BCUT2D eigenvalue weighted by Gasteiger charge is -2.29. The van der Waals surface area contributed by atoms with Crippen molar-refractivity contribution >= 4 is 60.1 Å². The number of rotatable bonds is 16. The SMILES string of the molecule is Cc1ccc(S(=O)(=O)N2CCN(S(=O)(=O)c3ccc(C)cc3)Cc3cccc(n3)CN(S(=O)(=O)c3ccc(C)cc3)CCN(Cc3ccc(CN4CCN(S(=O)(=O)c5ccc(C)cc5)Cc5cccc(n5)CN(S(=O)(=O)c5ccc(C)cc5)CCN(S(=O)(=O)c5ccc(C)cc5)Cc5cccc(n5)C4)cc3)Cc3cccc(n3)C2)cc1. The second-order valence-corrected chi connectivity index (χ2v) is 41.3. The lowest BCUT2D eigenvalue weighted by atomic mass is 10.1. The number of fused-ring (bicyclic) bond motifs is 8. The van der Waals surface area contributed by atoms with Crippen LogP contribution in [0.5, 0.6) is 0 Å². The minimum absolute atomic E-state index is 0.00422. The Balaban J connectivity index is 0.845. The molecule has 116 heavy (non-hydrogen) atoms. The van der Waals surface area contributed by atoms with Crippen molar-refractivity contribution in [2.45, 2.75) is 136 Å². The van der Waals surface area contributed by atoms with E-state index in [4.69, 9.17) is 19.9 Å². The summed E-state index contributed by atoms with van der Waals surface area (Å²) in [5, 5.41) is 0. The van der Waals surface area contributed by atoms with E-state index in [9.17, 15) is 33.7 Å². The number of pyridine rings is 4. The van der Waals surface area contributed by atoms with Gasteiger partial charge in [-0.3, -0.25) is 29.7 Å². The lowest BCUT2D eigenvalue weighted by Crippen LogP contribution is -2.41. The molecule has 0 spiro atoms. The quantitative estimate of drug-likeness (QED) is 0.0868. The van der Waals surface area contributed by atoms with E-state index in [0.717, 1.165) is 44.5 Å². The summed E-state index contributed by atoms with van der Waals surface area (Å²) in [5.74, 6) is 0. The molecule has 6 heterocycles. The van der Waals surface area contributed by atoms with Crippen LogP contribution in [0.4, 0.5) is 0 Å². The van der Waals surface area contributed by atoms with Gasteiger partial charge in [0.2, 0.25) is 60.1 Å². The second kappa shape index (κ2) is 36.2. The number of hydrogen-bond acceptors (Lipinski definition) is 18. The van der Waals surface area contributed by atoms with Crippen LogP contribution in [0.3, 0.4) is 0 Å². The van der Waals surface area contributed by atoms with E-state index in [1.165, 1.54) is 74.4 Å². The third kappa shape index (κ3) is 20.7. The third-order valence-corrected chi connectivity index (χ3v) is 31.7. The average molecular weight is 1680 g/mol. The molecule has 0 N–H and O–H groups in total. The molecule has 30 heteroatoms. The monoisotopic (exact) mass is 1680 g/mol. The van der Waals surface area contributed by atoms with Crippen molar-refractivity contribution in [1.82, 2.24) is 55.6 Å². The Kier molecular flexibility index (Phi) is 26.3. The highest BCUT2D eigenvalue weighted by atomic mass is 32.2. The van der Waals surface area contributed by atoms with Gasteiger partial charge in [0.1, 0.15) is 0 Å².